The third-order valence-electron chi connectivity index (χ3n) is 3.29. The highest BCUT2D eigenvalue weighted by Gasteiger charge is 2.20. The lowest BCUT2D eigenvalue weighted by Crippen LogP contribution is -2.22. The van der Waals surface area contributed by atoms with Gasteiger partial charge in [0.05, 0.1) is 12.6 Å². The average Bonchev–Trinajstić information content (AvgIpc) is 3.19. The Kier molecular flexibility index (Phi) is 2.80. The van der Waals surface area contributed by atoms with Crippen molar-refractivity contribution in [2.75, 3.05) is 7.11 Å². The normalized spacial score (nSPS) is 14.9. The van der Waals surface area contributed by atoms with Gasteiger partial charge in [0.25, 0.3) is 5.56 Å². The van der Waals surface area contributed by atoms with Gasteiger partial charge in [-0.2, -0.15) is 0 Å². The Hall–Kier alpha value is -1.81. The van der Waals surface area contributed by atoms with E-state index in [2.05, 4.69) is 10.3 Å². The van der Waals surface area contributed by atoms with E-state index in [0.717, 1.165) is 22.2 Å². The van der Waals surface area contributed by atoms with E-state index in [-0.39, 0.29) is 5.56 Å². The number of rotatable bonds is 4. The first-order valence-corrected chi connectivity index (χ1v) is 6.19. The summed E-state index contributed by atoms with van der Waals surface area (Å²) in [6, 6.07) is 8.26. The van der Waals surface area contributed by atoms with E-state index in [1.54, 1.807) is 7.11 Å². The highest BCUT2D eigenvalue weighted by atomic mass is 16.5. The van der Waals surface area contributed by atoms with Crippen LogP contribution in [0.2, 0.25) is 0 Å². The van der Waals surface area contributed by atoms with Crippen LogP contribution in [0.15, 0.2) is 29.1 Å². The van der Waals surface area contributed by atoms with Gasteiger partial charge in [-0.25, -0.2) is 0 Å². The van der Waals surface area contributed by atoms with Crippen LogP contribution in [0.4, 0.5) is 0 Å². The number of H-pyrrole nitrogens is 1. The van der Waals surface area contributed by atoms with Gasteiger partial charge in [0.15, 0.2) is 0 Å². The molecule has 1 aromatic carbocycles. The second kappa shape index (κ2) is 4.46. The van der Waals surface area contributed by atoms with Gasteiger partial charge >= 0.3 is 0 Å². The predicted octanol–water partition coefficient (Wildman–Crippen LogP) is 1.79. The zero-order valence-corrected chi connectivity index (χ0v) is 10.3. The summed E-state index contributed by atoms with van der Waals surface area (Å²) in [5, 5.41) is 4.39. The number of aromatic amines is 1. The maximum absolute atomic E-state index is 11.9. The van der Waals surface area contributed by atoms with Gasteiger partial charge in [0, 0.05) is 24.2 Å². The Bertz CT molecular complexity index is 629. The van der Waals surface area contributed by atoms with E-state index in [0.29, 0.717) is 12.6 Å². The summed E-state index contributed by atoms with van der Waals surface area (Å²) in [4.78, 5) is 14.8. The van der Waals surface area contributed by atoms with Gasteiger partial charge in [-0.3, -0.25) is 4.79 Å². The fourth-order valence-electron chi connectivity index (χ4n) is 2.03. The molecule has 0 saturated heterocycles. The van der Waals surface area contributed by atoms with E-state index in [9.17, 15) is 4.79 Å². The molecule has 2 aromatic rings. The maximum Gasteiger partial charge on any atom is 0.252 e. The number of nitrogens with one attached hydrogen (secondary N) is 2. The Morgan fingerprint density at radius 3 is 2.94 bits per heavy atom. The molecule has 1 fully saturated rings. The predicted molar refractivity (Wildman–Crippen MR) is 71.0 cm³/mol. The number of ether oxygens (including phenoxy) is 1. The molecule has 1 aliphatic carbocycles. The van der Waals surface area contributed by atoms with Crippen molar-refractivity contribution in [1.29, 1.82) is 0 Å². The molecule has 1 aromatic heterocycles. The molecular formula is C14H16N2O2. The minimum atomic E-state index is -0.0242. The monoisotopic (exact) mass is 244 g/mol. The van der Waals surface area contributed by atoms with E-state index < -0.39 is 0 Å². The molecule has 0 bridgehead atoms. The van der Waals surface area contributed by atoms with Crippen molar-refractivity contribution in [3.63, 3.8) is 0 Å². The summed E-state index contributed by atoms with van der Waals surface area (Å²) >= 11 is 0. The number of methoxy groups -OCH3 is 1. The van der Waals surface area contributed by atoms with Gasteiger partial charge in [-0.1, -0.05) is 0 Å². The molecule has 0 amide bonds. The molecule has 0 unspecified atom stereocenters. The molecular weight excluding hydrogens is 228 g/mol. The van der Waals surface area contributed by atoms with Crippen LogP contribution in [-0.4, -0.2) is 18.1 Å². The quantitative estimate of drug-likeness (QED) is 0.862. The number of aromatic nitrogens is 1. The van der Waals surface area contributed by atoms with Crippen LogP contribution < -0.4 is 15.6 Å². The van der Waals surface area contributed by atoms with Gasteiger partial charge < -0.3 is 15.0 Å². The van der Waals surface area contributed by atoms with Gasteiger partial charge in [-0.15, -0.1) is 0 Å². The lowest BCUT2D eigenvalue weighted by molar-refractivity contribution is 0.415. The second-order valence-corrected chi connectivity index (χ2v) is 4.73. The van der Waals surface area contributed by atoms with Crippen molar-refractivity contribution in [3.8, 4) is 5.75 Å². The Balaban J connectivity index is 1.95. The Labute approximate surface area is 105 Å². The summed E-state index contributed by atoms with van der Waals surface area (Å²) < 4.78 is 5.15. The first kappa shape index (κ1) is 11.3. The van der Waals surface area contributed by atoms with Crippen molar-refractivity contribution in [3.05, 3.63) is 40.2 Å². The smallest absolute Gasteiger partial charge is 0.252 e. The summed E-state index contributed by atoms with van der Waals surface area (Å²) in [6.07, 6.45) is 2.45. The molecule has 0 spiro atoms. The summed E-state index contributed by atoms with van der Waals surface area (Å²) in [5.74, 6) is 0.752. The molecule has 1 saturated carbocycles. The van der Waals surface area contributed by atoms with Gasteiger partial charge in [-0.05, 0) is 36.4 Å². The maximum atomic E-state index is 11.9. The number of hydrogen-bond donors (Lipinski definition) is 2. The molecule has 0 atom stereocenters. The topological polar surface area (TPSA) is 54.1 Å². The zero-order chi connectivity index (χ0) is 12.5. The first-order chi connectivity index (χ1) is 8.76. The minimum Gasteiger partial charge on any atom is -0.497 e. The van der Waals surface area contributed by atoms with Crippen LogP contribution in [0.1, 0.15) is 18.4 Å². The van der Waals surface area contributed by atoms with Crippen LogP contribution in [0.5, 0.6) is 5.75 Å². The molecule has 1 heterocycles. The largest absolute Gasteiger partial charge is 0.497 e. The van der Waals surface area contributed by atoms with Crippen LogP contribution in [0.3, 0.4) is 0 Å². The highest BCUT2D eigenvalue weighted by molar-refractivity contribution is 5.80. The Morgan fingerprint density at radius 2 is 2.22 bits per heavy atom. The number of fused-ring (bicyclic) bond motifs is 1. The third-order valence-corrected chi connectivity index (χ3v) is 3.29. The van der Waals surface area contributed by atoms with Crippen molar-refractivity contribution >= 4 is 10.9 Å². The van der Waals surface area contributed by atoms with Gasteiger partial charge in [0.1, 0.15) is 5.75 Å². The molecule has 0 radical (unpaired) electrons. The fourth-order valence-corrected chi connectivity index (χ4v) is 2.03. The van der Waals surface area contributed by atoms with Crippen LogP contribution >= 0.6 is 0 Å². The molecule has 4 heteroatoms. The van der Waals surface area contributed by atoms with Crippen LogP contribution in [0, 0.1) is 0 Å². The summed E-state index contributed by atoms with van der Waals surface area (Å²) in [6.45, 7) is 0.641. The fraction of sp³-hybridized carbons (Fsp3) is 0.357. The average molecular weight is 244 g/mol. The molecule has 3 rings (SSSR count). The lowest BCUT2D eigenvalue weighted by Gasteiger charge is -2.06. The second-order valence-electron chi connectivity index (χ2n) is 4.73. The summed E-state index contributed by atoms with van der Waals surface area (Å²) in [5.41, 5.74) is 1.58. The Morgan fingerprint density at radius 1 is 1.39 bits per heavy atom. The van der Waals surface area contributed by atoms with E-state index in [1.807, 2.05) is 24.3 Å². The summed E-state index contributed by atoms with van der Waals surface area (Å²) in [7, 11) is 1.62. The molecule has 1 aliphatic rings. The molecule has 0 aliphatic heterocycles. The SMILES string of the molecule is COc1ccc2cc(CNC3CC3)c(=O)[nH]c2c1. The van der Waals surface area contributed by atoms with Crippen LogP contribution in [-0.2, 0) is 6.54 Å². The van der Waals surface area contributed by atoms with Crippen LogP contribution in [0.25, 0.3) is 10.9 Å². The number of hydrogen-bond acceptors (Lipinski definition) is 3. The van der Waals surface area contributed by atoms with Crippen molar-refractivity contribution < 1.29 is 4.74 Å². The number of pyridine rings is 1. The number of benzene rings is 1. The standard InChI is InChI=1S/C14H16N2O2/c1-18-12-5-2-9-6-10(8-15-11-3-4-11)14(17)16-13(9)7-12/h2,5-7,11,15H,3-4,8H2,1H3,(H,16,17). The van der Waals surface area contributed by atoms with Crippen molar-refractivity contribution in [2.24, 2.45) is 0 Å². The van der Waals surface area contributed by atoms with E-state index in [1.165, 1.54) is 12.8 Å². The van der Waals surface area contributed by atoms with E-state index >= 15 is 0 Å². The first-order valence-electron chi connectivity index (χ1n) is 6.19. The van der Waals surface area contributed by atoms with Gasteiger partial charge in [0.2, 0.25) is 0 Å². The molecule has 2 N–H and O–H groups in total. The molecule has 18 heavy (non-hydrogen) atoms. The lowest BCUT2D eigenvalue weighted by atomic mass is 10.1. The minimum absolute atomic E-state index is 0.0242. The molecule has 4 nitrogen and oxygen atoms in total. The third kappa shape index (κ3) is 2.24. The van der Waals surface area contributed by atoms with Crippen molar-refractivity contribution in [1.82, 2.24) is 10.3 Å². The highest BCUT2D eigenvalue weighted by Crippen LogP contribution is 2.20. The zero-order valence-electron chi connectivity index (χ0n) is 10.3. The van der Waals surface area contributed by atoms with E-state index in [4.69, 9.17) is 4.74 Å². The molecule has 94 valence electrons. The van der Waals surface area contributed by atoms with Crippen molar-refractivity contribution in [2.45, 2.75) is 25.4 Å².